The fourth-order valence-corrected chi connectivity index (χ4v) is 5.89. The lowest BCUT2D eigenvalue weighted by molar-refractivity contribution is 0.275. The van der Waals surface area contributed by atoms with Gasteiger partial charge in [-0.05, 0) is 61.7 Å². The molecule has 2 aliphatic heterocycles. The minimum atomic E-state index is 0.510. The molecule has 2 atom stereocenters. The van der Waals surface area contributed by atoms with Crippen molar-refractivity contribution in [1.82, 2.24) is 29.7 Å². The summed E-state index contributed by atoms with van der Waals surface area (Å²) >= 11 is 0. The van der Waals surface area contributed by atoms with Gasteiger partial charge >= 0.3 is 0 Å². The number of hydrogen-bond acceptors (Lipinski definition) is 7. The number of aryl methyl sites for hydroxylation is 1. The molecule has 2 aromatic heterocycles. The van der Waals surface area contributed by atoms with Gasteiger partial charge in [0.15, 0.2) is 11.2 Å². The van der Waals surface area contributed by atoms with Crippen molar-refractivity contribution in [2.75, 3.05) is 45.2 Å². The van der Waals surface area contributed by atoms with Crippen molar-refractivity contribution in [1.29, 1.82) is 0 Å². The fourth-order valence-electron chi connectivity index (χ4n) is 5.89. The predicted octanol–water partition coefficient (Wildman–Crippen LogP) is 3.86. The van der Waals surface area contributed by atoms with Gasteiger partial charge in [-0.2, -0.15) is 9.97 Å². The summed E-state index contributed by atoms with van der Waals surface area (Å²) in [5.74, 6) is 1.35. The number of anilines is 1. The number of piperazine rings is 1. The Bertz CT molecular complexity index is 1380. The zero-order valence-corrected chi connectivity index (χ0v) is 22.2. The van der Waals surface area contributed by atoms with Gasteiger partial charge < -0.3 is 24.4 Å². The van der Waals surface area contributed by atoms with Crippen molar-refractivity contribution in [2.45, 2.75) is 51.2 Å². The summed E-state index contributed by atoms with van der Waals surface area (Å²) in [5.41, 5.74) is 4.23. The first-order chi connectivity index (χ1) is 18.1. The first-order valence-electron chi connectivity index (χ1n) is 13.6. The highest BCUT2D eigenvalue weighted by Gasteiger charge is 2.34. The zero-order valence-electron chi connectivity index (χ0n) is 22.2. The monoisotopic (exact) mass is 499 g/mol. The molecule has 2 aromatic carbocycles. The van der Waals surface area contributed by atoms with Gasteiger partial charge in [0.05, 0.1) is 19.5 Å². The summed E-state index contributed by atoms with van der Waals surface area (Å²) in [5, 5.41) is 6.32. The molecule has 2 saturated heterocycles. The van der Waals surface area contributed by atoms with Gasteiger partial charge in [0.1, 0.15) is 0 Å². The van der Waals surface area contributed by atoms with Crippen LogP contribution >= 0.6 is 0 Å². The minimum absolute atomic E-state index is 0.510. The highest BCUT2D eigenvalue weighted by molar-refractivity contribution is 5.89. The Morgan fingerprint density at radius 1 is 1.03 bits per heavy atom. The highest BCUT2D eigenvalue weighted by Crippen LogP contribution is 2.30. The first-order valence-corrected chi connectivity index (χ1v) is 13.6. The quantitative estimate of drug-likeness (QED) is 0.351. The molecular formula is C29H37N7O. The van der Waals surface area contributed by atoms with Crippen LogP contribution in [0.25, 0.3) is 21.9 Å². The molecule has 4 aromatic rings. The van der Waals surface area contributed by atoms with Crippen LogP contribution in [0.1, 0.15) is 37.3 Å². The largest absolute Gasteiger partial charge is 0.476 e. The number of fused-ring (bicyclic) bond motifs is 4. The van der Waals surface area contributed by atoms with Crippen LogP contribution in [-0.2, 0) is 13.0 Å². The lowest BCUT2D eigenvalue weighted by Gasteiger charge is -2.33. The van der Waals surface area contributed by atoms with E-state index in [1.54, 1.807) is 0 Å². The Morgan fingerprint density at radius 2 is 1.78 bits per heavy atom. The Labute approximate surface area is 218 Å². The minimum Gasteiger partial charge on any atom is -0.476 e. The standard InChI is InChI=1S/C29H37N7O/c1-4-20-8-5-9-21-10-6-11-22(25(20)21)16-36-19-30-26-27(36)32-29(33-28(26)37-15-7-14-34(2)3)35-17-23-12-13-24(18-35)31-23/h5-6,8-11,19,23-24,31H,4,7,12-18H2,1-3H3. The van der Waals surface area contributed by atoms with Crippen LogP contribution in [0.15, 0.2) is 42.7 Å². The molecule has 0 aliphatic carbocycles. The average molecular weight is 500 g/mol. The molecule has 37 heavy (non-hydrogen) atoms. The van der Waals surface area contributed by atoms with Crippen LogP contribution in [0.2, 0.25) is 0 Å². The van der Waals surface area contributed by atoms with Crippen molar-refractivity contribution in [3.8, 4) is 5.88 Å². The fraction of sp³-hybridized carbons (Fsp3) is 0.483. The van der Waals surface area contributed by atoms with Gasteiger partial charge in [-0.1, -0.05) is 43.3 Å². The predicted molar refractivity (Wildman–Crippen MR) is 149 cm³/mol. The van der Waals surface area contributed by atoms with Gasteiger partial charge in [0.25, 0.3) is 0 Å². The van der Waals surface area contributed by atoms with Crippen molar-refractivity contribution in [3.63, 3.8) is 0 Å². The van der Waals surface area contributed by atoms with Gasteiger partial charge in [-0.3, -0.25) is 0 Å². The number of rotatable bonds is 9. The summed E-state index contributed by atoms with van der Waals surface area (Å²) in [6.07, 6.45) is 6.26. The lowest BCUT2D eigenvalue weighted by atomic mass is 9.98. The number of imidazole rings is 1. The molecule has 1 N–H and O–H groups in total. The van der Waals surface area contributed by atoms with Crippen LogP contribution < -0.4 is 15.0 Å². The van der Waals surface area contributed by atoms with E-state index in [9.17, 15) is 0 Å². The molecular weight excluding hydrogens is 462 g/mol. The van der Waals surface area contributed by atoms with E-state index in [0.29, 0.717) is 31.1 Å². The van der Waals surface area contributed by atoms with E-state index in [1.807, 2.05) is 6.33 Å². The second-order valence-corrected chi connectivity index (χ2v) is 10.7. The van der Waals surface area contributed by atoms with Crippen molar-refractivity contribution < 1.29 is 4.74 Å². The molecule has 2 aliphatic rings. The highest BCUT2D eigenvalue weighted by atomic mass is 16.5. The molecule has 194 valence electrons. The number of hydrogen-bond donors (Lipinski definition) is 1. The van der Waals surface area contributed by atoms with Crippen LogP contribution in [0.5, 0.6) is 5.88 Å². The number of benzene rings is 2. The molecule has 0 saturated carbocycles. The molecule has 8 nitrogen and oxygen atoms in total. The second kappa shape index (κ2) is 10.3. The number of nitrogens with one attached hydrogen (secondary N) is 1. The summed E-state index contributed by atoms with van der Waals surface area (Å²) in [4.78, 5) is 19.3. The van der Waals surface area contributed by atoms with E-state index >= 15 is 0 Å². The molecule has 8 heteroatoms. The molecule has 4 heterocycles. The number of aromatic nitrogens is 4. The molecule has 6 rings (SSSR count). The summed E-state index contributed by atoms with van der Waals surface area (Å²) in [6, 6.07) is 14.2. The third-order valence-corrected chi connectivity index (χ3v) is 7.71. The third-order valence-electron chi connectivity index (χ3n) is 7.71. The van der Waals surface area contributed by atoms with E-state index in [2.05, 4.69) is 77.1 Å². The van der Waals surface area contributed by atoms with Crippen molar-refractivity contribution in [3.05, 3.63) is 53.9 Å². The molecule has 2 bridgehead atoms. The topological polar surface area (TPSA) is 71.3 Å². The maximum Gasteiger partial charge on any atom is 0.247 e. The zero-order chi connectivity index (χ0) is 25.4. The molecule has 0 amide bonds. The molecule has 2 fully saturated rings. The molecule has 2 unspecified atom stereocenters. The van der Waals surface area contributed by atoms with Crippen LogP contribution in [0, 0.1) is 0 Å². The Balaban J connectivity index is 1.38. The molecule has 0 radical (unpaired) electrons. The molecule has 0 spiro atoms. The van der Waals surface area contributed by atoms with Crippen LogP contribution in [0.3, 0.4) is 0 Å². The van der Waals surface area contributed by atoms with Gasteiger partial charge in [0, 0.05) is 31.7 Å². The maximum atomic E-state index is 6.24. The van der Waals surface area contributed by atoms with E-state index in [-0.39, 0.29) is 0 Å². The number of ether oxygens (including phenoxy) is 1. The first kappa shape index (κ1) is 24.1. The van der Waals surface area contributed by atoms with Crippen molar-refractivity contribution >= 4 is 27.9 Å². The Hall–Kier alpha value is -3.23. The van der Waals surface area contributed by atoms with E-state index in [1.165, 1.54) is 34.7 Å². The van der Waals surface area contributed by atoms with Gasteiger partial charge in [0.2, 0.25) is 11.8 Å². The summed E-state index contributed by atoms with van der Waals surface area (Å²) in [6.45, 7) is 6.36. The number of nitrogens with zero attached hydrogens (tertiary/aromatic N) is 6. The van der Waals surface area contributed by atoms with E-state index < -0.39 is 0 Å². The van der Waals surface area contributed by atoms with Gasteiger partial charge in [-0.25, -0.2) is 4.98 Å². The Kier molecular flexibility index (Phi) is 6.69. The SMILES string of the molecule is CCc1cccc2cccc(Cn3cnc4c(OCCCN(C)C)nc(N5CC6CCC(C5)N6)nc43)c12. The van der Waals surface area contributed by atoms with E-state index in [4.69, 9.17) is 19.7 Å². The lowest BCUT2D eigenvalue weighted by Crippen LogP contribution is -2.51. The smallest absolute Gasteiger partial charge is 0.247 e. The average Bonchev–Trinajstić information content (AvgIpc) is 3.47. The van der Waals surface area contributed by atoms with E-state index in [0.717, 1.165) is 49.6 Å². The Morgan fingerprint density at radius 3 is 2.51 bits per heavy atom. The van der Waals surface area contributed by atoms with Gasteiger partial charge in [-0.15, -0.1) is 0 Å². The van der Waals surface area contributed by atoms with Crippen molar-refractivity contribution in [2.24, 2.45) is 0 Å². The summed E-state index contributed by atoms with van der Waals surface area (Å²) < 4.78 is 8.40. The second-order valence-electron chi connectivity index (χ2n) is 10.7. The normalized spacial score (nSPS) is 19.4. The van der Waals surface area contributed by atoms with Crippen LogP contribution in [0.4, 0.5) is 5.95 Å². The van der Waals surface area contributed by atoms with Crippen LogP contribution in [-0.4, -0.2) is 76.8 Å². The summed E-state index contributed by atoms with van der Waals surface area (Å²) in [7, 11) is 4.16. The third kappa shape index (κ3) is 4.88. The maximum absolute atomic E-state index is 6.24.